The summed E-state index contributed by atoms with van der Waals surface area (Å²) in [6.07, 6.45) is -0.166. The van der Waals surface area contributed by atoms with Gasteiger partial charge in [0.2, 0.25) is 11.0 Å². The molecule has 0 unspecified atom stereocenters. The van der Waals surface area contributed by atoms with Crippen molar-refractivity contribution in [2.75, 3.05) is 11.2 Å². The summed E-state index contributed by atoms with van der Waals surface area (Å²) in [6, 6.07) is 9.90. The quantitative estimate of drug-likeness (QED) is 0.587. The smallest absolute Gasteiger partial charge is 0.239 e. The number of hydrogen-bond acceptors (Lipinski definition) is 6. The van der Waals surface area contributed by atoms with Crippen molar-refractivity contribution in [3.05, 3.63) is 52.5 Å². The van der Waals surface area contributed by atoms with Crippen LogP contribution in [0.3, 0.4) is 0 Å². The van der Waals surface area contributed by atoms with Crippen molar-refractivity contribution in [1.29, 1.82) is 0 Å². The average Bonchev–Trinajstić information content (AvgIpc) is 3.07. The Morgan fingerprint density at radius 1 is 1.11 bits per heavy atom. The first-order chi connectivity index (χ1) is 12.8. The number of nitrogens with one attached hydrogen (secondary N) is 2. The molecule has 1 aromatic heterocycles. The van der Waals surface area contributed by atoms with Crippen LogP contribution in [0.2, 0.25) is 5.02 Å². The summed E-state index contributed by atoms with van der Waals surface area (Å²) < 4.78 is 25.6. The number of aryl methyl sites for hydroxylation is 2. The van der Waals surface area contributed by atoms with E-state index in [-0.39, 0.29) is 17.1 Å². The third-order valence-electron chi connectivity index (χ3n) is 4.02. The van der Waals surface area contributed by atoms with Gasteiger partial charge >= 0.3 is 0 Å². The van der Waals surface area contributed by atoms with E-state index in [9.17, 15) is 13.2 Å². The van der Waals surface area contributed by atoms with Gasteiger partial charge in [-0.25, -0.2) is 13.4 Å². The molecule has 27 heavy (non-hydrogen) atoms. The molecule has 0 radical (unpaired) electrons. The highest BCUT2D eigenvalue weighted by Gasteiger charge is 2.17. The van der Waals surface area contributed by atoms with Gasteiger partial charge < -0.3 is 0 Å². The van der Waals surface area contributed by atoms with E-state index in [2.05, 4.69) is 15.8 Å². The Hall–Kier alpha value is -2.16. The van der Waals surface area contributed by atoms with Crippen LogP contribution in [0.5, 0.6) is 0 Å². The highest BCUT2D eigenvalue weighted by molar-refractivity contribution is 7.91. The molecular formula is C18H18ClN3O3S2. The normalized spacial score (nSPS) is 11.5. The Balaban J connectivity index is 1.59. The minimum Gasteiger partial charge on any atom is -0.273 e. The summed E-state index contributed by atoms with van der Waals surface area (Å²) in [5.41, 5.74) is 8.33. The number of anilines is 1. The van der Waals surface area contributed by atoms with Gasteiger partial charge in [-0.15, -0.1) is 0 Å². The molecule has 1 amide bonds. The lowest BCUT2D eigenvalue weighted by Crippen LogP contribution is -2.30. The molecule has 3 aromatic rings. The Morgan fingerprint density at radius 2 is 1.78 bits per heavy atom. The third kappa shape index (κ3) is 4.58. The Kier molecular flexibility index (Phi) is 5.69. The molecule has 2 N–H and O–H groups in total. The molecule has 0 fully saturated rings. The van der Waals surface area contributed by atoms with Gasteiger partial charge in [0, 0.05) is 11.4 Å². The Morgan fingerprint density at radius 3 is 2.44 bits per heavy atom. The van der Waals surface area contributed by atoms with Crippen LogP contribution in [0.25, 0.3) is 10.2 Å². The number of fused-ring (bicyclic) bond motifs is 1. The van der Waals surface area contributed by atoms with E-state index in [0.29, 0.717) is 10.2 Å². The van der Waals surface area contributed by atoms with Crippen LogP contribution >= 0.6 is 22.9 Å². The van der Waals surface area contributed by atoms with Crippen LogP contribution in [0.15, 0.2) is 41.3 Å². The van der Waals surface area contributed by atoms with E-state index in [4.69, 9.17) is 11.6 Å². The zero-order chi connectivity index (χ0) is 19.6. The van der Waals surface area contributed by atoms with Crippen LogP contribution in [-0.4, -0.2) is 25.1 Å². The van der Waals surface area contributed by atoms with Crippen molar-refractivity contribution < 1.29 is 13.2 Å². The number of carbonyl (C=O) groups is 1. The molecule has 0 bridgehead atoms. The summed E-state index contributed by atoms with van der Waals surface area (Å²) in [5, 5.41) is 1.01. The van der Waals surface area contributed by atoms with Crippen molar-refractivity contribution in [3.8, 4) is 0 Å². The van der Waals surface area contributed by atoms with Gasteiger partial charge in [-0.2, -0.15) is 0 Å². The highest BCUT2D eigenvalue weighted by Crippen LogP contribution is 2.30. The van der Waals surface area contributed by atoms with Crippen molar-refractivity contribution in [1.82, 2.24) is 10.4 Å². The van der Waals surface area contributed by atoms with Crippen LogP contribution < -0.4 is 10.9 Å². The predicted octanol–water partition coefficient (Wildman–Crippen LogP) is 3.87. The lowest BCUT2D eigenvalue weighted by molar-refractivity contribution is -0.120. The Labute approximate surface area is 166 Å². The minimum atomic E-state index is -3.55. The van der Waals surface area contributed by atoms with E-state index >= 15 is 0 Å². The van der Waals surface area contributed by atoms with E-state index in [1.807, 2.05) is 26.0 Å². The van der Waals surface area contributed by atoms with E-state index in [0.717, 1.165) is 21.3 Å². The molecule has 0 aliphatic rings. The fourth-order valence-corrected chi connectivity index (χ4v) is 4.82. The van der Waals surface area contributed by atoms with Gasteiger partial charge in [0.05, 0.1) is 20.9 Å². The maximum absolute atomic E-state index is 12.3. The lowest BCUT2D eigenvalue weighted by atomic mass is 10.1. The fraction of sp³-hybridized carbons (Fsp3) is 0.222. The topological polar surface area (TPSA) is 88.2 Å². The number of thiazole rings is 1. The predicted molar refractivity (Wildman–Crippen MR) is 109 cm³/mol. The molecule has 0 atom stereocenters. The van der Waals surface area contributed by atoms with Gasteiger partial charge in [0.1, 0.15) is 0 Å². The van der Waals surface area contributed by atoms with Gasteiger partial charge in [-0.3, -0.25) is 15.6 Å². The minimum absolute atomic E-state index is 0.143. The lowest BCUT2D eigenvalue weighted by Gasteiger charge is -2.06. The molecule has 3 rings (SSSR count). The molecule has 142 valence electrons. The molecule has 9 heteroatoms. The van der Waals surface area contributed by atoms with Crippen LogP contribution in [0, 0.1) is 13.8 Å². The zero-order valence-electron chi connectivity index (χ0n) is 14.7. The number of sulfone groups is 1. The molecule has 0 saturated heterocycles. The summed E-state index contributed by atoms with van der Waals surface area (Å²) in [4.78, 5) is 16.6. The number of hydrazine groups is 1. The maximum atomic E-state index is 12.3. The van der Waals surface area contributed by atoms with E-state index < -0.39 is 15.7 Å². The number of benzene rings is 2. The van der Waals surface area contributed by atoms with Gasteiger partial charge in [-0.1, -0.05) is 35.1 Å². The average molecular weight is 424 g/mol. The molecule has 2 aromatic carbocycles. The van der Waals surface area contributed by atoms with Crippen molar-refractivity contribution in [3.63, 3.8) is 0 Å². The van der Waals surface area contributed by atoms with E-state index in [1.165, 1.54) is 35.6 Å². The number of nitrogens with zero attached hydrogens (tertiary/aromatic N) is 1. The molecule has 1 heterocycles. The number of rotatable bonds is 6. The second kappa shape index (κ2) is 7.84. The maximum Gasteiger partial charge on any atom is 0.239 e. The van der Waals surface area contributed by atoms with E-state index in [1.54, 1.807) is 0 Å². The van der Waals surface area contributed by atoms with Crippen molar-refractivity contribution in [2.24, 2.45) is 0 Å². The number of halogens is 1. The number of amides is 1. The second-order valence-electron chi connectivity index (χ2n) is 6.09. The van der Waals surface area contributed by atoms with Crippen LogP contribution in [0.1, 0.15) is 17.5 Å². The van der Waals surface area contributed by atoms with Crippen LogP contribution in [0.4, 0.5) is 5.13 Å². The van der Waals surface area contributed by atoms with Crippen molar-refractivity contribution >= 4 is 54.0 Å². The summed E-state index contributed by atoms with van der Waals surface area (Å²) in [7, 11) is -3.55. The third-order valence-corrected chi connectivity index (χ3v) is 7.11. The molecule has 0 aliphatic heterocycles. The molecule has 0 aliphatic carbocycles. The van der Waals surface area contributed by atoms with Gasteiger partial charge in [0.15, 0.2) is 9.84 Å². The first kappa shape index (κ1) is 19.6. The second-order valence-corrected chi connectivity index (χ2v) is 9.64. The van der Waals surface area contributed by atoms with Gasteiger partial charge in [-0.05, 0) is 49.2 Å². The van der Waals surface area contributed by atoms with Gasteiger partial charge in [0.25, 0.3) is 0 Å². The zero-order valence-corrected chi connectivity index (χ0v) is 17.1. The SMILES string of the molecule is Cc1ccc(C)c2sc(NNC(=O)CCS(=O)(=O)c3ccc(Cl)cc3)nc12. The van der Waals surface area contributed by atoms with Crippen LogP contribution in [-0.2, 0) is 14.6 Å². The summed E-state index contributed by atoms with van der Waals surface area (Å²) in [6.45, 7) is 3.98. The molecular weight excluding hydrogens is 406 g/mol. The Bertz CT molecular complexity index is 1050. The summed E-state index contributed by atoms with van der Waals surface area (Å²) in [5.74, 6) is -0.722. The summed E-state index contributed by atoms with van der Waals surface area (Å²) >= 11 is 7.20. The largest absolute Gasteiger partial charge is 0.273 e. The first-order valence-corrected chi connectivity index (χ1v) is 11.0. The van der Waals surface area contributed by atoms with Crippen molar-refractivity contribution in [2.45, 2.75) is 25.2 Å². The molecule has 0 saturated carbocycles. The monoisotopic (exact) mass is 423 g/mol. The number of aromatic nitrogens is 1. The first-order valence-electron chi connectivity index (χ1n) is 8.16. The molecule has 0 spiro atoms. The fourth-order valence-electron chi connectivity index (χ4n) is 2.49. The highest BCUT2D eigenvalue weighted by atomic mass is 35.5. The molecule has 6 nitrogen and oxygen atoms in total. The number of carbonyl (C=O) groups excluding carboxylic acids is 1. The number of hydrogen-bond donors (Lipinski definition) is 2. The standard InChI is InChI=1S/C18H18ClN3O3S2/c1-11-3-4-12(2)17-16(11)20-18(26-17)22-21-15(23)9-10-27(24,25)14-7-5-13(19)6-8-14/h3-8H,9-10H2,1-2H3,(H,20,22)(H,21,23).